The lowest BCUT2D eigenvalue weighted by Gasteiger charge is -2.40. The average Bonchev–Trinajstić information content (AvgIpc) is 3.07. The molecule has 0 aromatic rings. The first-order valence-electron chi connectivity index (χ1n) is 19.7. The third-order valence-electron chi connectivity index (χ3n) is 9.71. The molecule has 0 aromatic carbocycles. The van der Waals surface area contributed by atoms with Gasteiger partial charge in [0, 0.05) is 6.42 Å². The number of aliphatic hydroxyl groups is 5. The number of unbranched alkanes of at least 4 members (excludes halogenated alkanes) is 22. The van der Waals surface area contributed by atoms with Gasteiger partial charge in [0.05, 0.1) is 25.4 Å². The van der Waals surface area contributed by atoms with Crippen molar-refractivity contribution < 1.29 is 39.8 Å². The summed E-state index contributed by atoms with van der Waals surface area (Å²) in [7, 11) is 0. The Kier molecular flexibility index (Phi) is 28.3. The molecule has 47 heavy (non-hydrogen) atoms. The number of amides is 1. The van der Waals surface area contributed by atoms with E-state index in [4.69, 9.17) is 9.47 Å². The van der Waals surface area contributed by atoms with Crippen molar-refractivity contribution >= 4 is 5.91 Å². The highest BCUT2D eigenvalue weighted by molar-refractivity contribution is 5.76. The standard InChI is InChI=1S/C38H75NO8/c1-3-5-7-9-11-13-15-16-18-19-21-23-25-27-32(41)31(30-46-38-37(45)36(44)35(43)33(29-40)47-38)39-34(42)28-26-24-22-20-17-14-12-10-8-6-4-2/h31-33,35-38,40-41,43-45H,3-30H2,1-2H3,(H,39,42)/t31-,32-,33-,35-,36+,37-,38+/m1/s1. The molecule has 9 heteroatoms. The Morgan fingerprint density at radius 3 is 1.51 bits per heavy atom. The van der Waals surface area contributed by atoms with Gasteiger partial charge < -0.3 is 40.3 Å². The number of aliphatic hydroxyl groups excluding tert-OH is 5. The third kappa shape index (κ3) is 21.8. The molecule has 0 radical (unpaired) electrons. The van der Waals surface area contributed by atoms with Gasteiger partial charge in [0.1, 0.15) is 24.4 Å². The Hall–Kier alpha value is -0.810. The lowest BCUT2D eigenvalue weighted by molar-refractivity contribution is -0.302. The molecule has 1 aliphatic rings. The summed E-state index contributed by atoms with van der Waals surface area (Å²) < 4.78 is 11.2. The highest BCUT2D eigenvalue weighted by Crippen LogP contribution is 2.23. The summed E-state index contributed by atoms with van der Waals surface area (Å²) >= 11 is 0. The van der Waals surface area contributed by atoms with E-state index in [9.17, 15) is 30.3 Å². The minimum atomic E-state index is -1.55. The first-order valence-corrected chi connectivity index (χ1v) is 19.7. The molecule has 7 atom stereocenters. The first kappa shape index (κ1) is 44.2. The van der Waals surface area contributed by atoms with Crippen molar-refractivity contribution in [1.82, 2.24) is 5.32 Å². The maximum Gasteiger partial charge on any atom is 0.220 e. The summed E-state index contributed by atoms with van der Waals surface area (Å²) in [6.45, 7) is 3.81. The molecule has 1 amide bonds. The summed E-state index contributed by atoms with van der Waals surface area (Å²) in [4.78, 5) is 12.9. The second-order valence-corrected chi connectivity index (χ2v) is 14.1. The zero-order valence-electron chi connectivity index (χ0n) is 30.3. The Bertz CT molecular complexity index is 711. The number of hydrogen-bond donors (Lipinski definition) is 6. The first-order chi connectivity index (χ1) is 22.8. The van der Waals surface area contributed by atoms with Crippen LogP contribution in [-0.2, 0) is 14.3 Å². The molecule has 0 aliphatic carbocycles. The van der Waals surface area contributed by atoms with Crippen molar-refractivity contribution in [3.63, 3.8) is 0 Å². The van der Waals surface area contributed by atoms with E-state index in [1.807, 2.05) is 0 Å². The smallest absolute Gasteiger partial charge is 0.220 e. The number of hydrogen-bond acceptors (Lipinski definition) is 8. The Labute approximate surface area is 287 Å². The van der Waals surface area contributed by atoms with Crippen LogP contribution >= 0.6 is 0 Å². The van der Waals surface area contributed by atoms with Crippen molar-refractivity contribution in [1.29, 1.82) is 0 Å². The van der Waals surface area contributed by atoms with E-state index in [1.54, 1.807) is 0 Å². The Morgan fingerprint density at radius 2 is 1.06 bits per heavy atom. The van der Waals surface area contributed by atoms with Gasteiger partial charge in [-0.2, -0.15) is 0 Å². The number of carbonyl (C=O) groups is 1. The zero-order chi connectivity index (χ0) is 34.5. The van der Waals surface area contributed by atoms with Gasteiger partial charge in [0.2, 0.25) is 5.91 Å². The van der Waals surface area contributed by atoms with Crippen LogP contribution in [-0.4, -0.2) is 87.5 Å². The molecule has 6 N–H and O–H groups in total. The van der Waals surface area contributed by atoms with Crippen molar-refractivity contribution in [3.05, 3.63) is 0 Å². The minimum absolute atomic E-state index is 0.133. The van der Waals surface area contributed by atoms with Crippen molar-refractivity contribution in [2.75, 3.05) is 13.2 Å². The van der Waals surface area contributed by atoms with Crippen LogP contribution in [0.2, 0.25) is 0 Å². The Morgan fingerprint density at radius 1 is 0.638 bits per heavy atom. The fraction of sp³-hybridized carbons (Fsp3) is 0.974. The van der Waals surface area contributed by atoms with Crippen molar-refractivity contribution in [2.24, 2.45) is 0 Å². The lowest BCUT2D eigenvalue weighted by Crippen LogP contribution is -2.60. The molecule has 1 saturated heterocycles. The summed E-state index contributed by atoms with van der Waals surface area (Å²) in [5.74, 6) is -0.146. The van der Waals surface area contributed by atoms with Crippen LogP contribution in [0.5, 0.6) is 0 Å². The summed E-state index contributed by atoms with van der Waals surface area (Å²) in [6, 6.07) is -0.708. The predicted octanol–water partition coefficient (Wildman–Crippen LogP) is 6.83. The molecule has 0 spiro atoms. The van der Waals surface area contributed by atoms with E-state index in [1.165, 1.54) is 116 Å². The second-order valence-electron chi connectivity index (χ2n) is 14.1. The normalized spacial score (nSPS) is 22.7. The number of ether oxygens (including phenoxy) is 2. The van der Waals surface area contributed by atoms with Gasteiger partial charge in [-0.3, -0.25) is 4.79 Å². The molecule has 1 heterocycles. The van der Waals surface area contributed by atoms with E-state index in [0.717, 1.165) is 38.5 Å². The van der Waals surface area contributed by atoms with E-state index in [0.29, 0.717) is 12.8 Å². The van der Waals surface area contributed by atoms with E-state index in [-0.39, 0.29) is 12.5 Å². The summed E-state index contributed by atoms with van der Waals surface area (Å²) in [5.41, 5.74) is 0. The molecule has 1 fully saturated rings. The second kappa shape index (κ2) is 30.1. The van der Waals surface area contributed by atoms with E-state index >= 15 is 0 Å². The topological polar surface area (TPSA) is 149 Å². The minimum Gasteiger partial charge on any atom is -0.394 e. The highest BCUT2D eigenvalue weighted by atomic mass is 16.7. The zero-order valence-corrected chi connectivity index (χ0v) is 30.3. The third-order valence-corrected chi connectivity index (χ3v) is 9.71. The number of carbonyl (C=O) groups excluding carboxylic acids is 1. The van der Waals surface area contributed by atoms with Gasteiger partial charge in [-0.15, -0.1) is 0 Å². The lowest BCUT2D eigenvalue weighted by atomic mass is 9.99. The van der Waals surface area contributed by atoms with Crippen molar-refractivity contribution in [2.45, 2.75) is 224 Å². The van der Waals surface area contributed by atoms with Gasteiger partial charge in [-0.1, -0.05) is 162 Å². The van der Waals surface area contributed by atoms with Gasteiger partial charge in [0.25, 0.3) is 0 Å². The molecule has 0 saturated carbocycles. The summed E-state index contributed by atoms with van der Waals surface area (Å²) in [5, 5.41) is 54.0. The van der Waals surface area contributed by atoms with Gasteiger partial charge in [-0.25, -0.2) is 0 Å². The molecule has 0 unspecified atom stereocenters. The van der Waals surface area contributed by atoms with Crippen LogP contribution in [0.4, 0.5) is 0 Å². The Balaban J connectivity index is 2.41. The molecule has 0 bridgehead atoms. The SMILES string of the molecule is CCCCCCCCCCCCCCC[C@@H](O)[C@@H](CO[C@H]1O[C@H](CO)[C@@H](O)[C@H](O)[C@H]1O)NC(=O)CCCCCCCCCCCCC. The molecule has 9 nitrogen and oxygen atoms in total. The molecule has 0 aromatic heterocycles. The van der Waals surface area contributed by atoms with Gasteiger partial charge in [-0.05, 0) is 12.8 Å². The molecule has 280 valence electrons. The fourth-order valence-electron chi connectivity index (χ4n) is 6.45. The van der Waals surface area contributed by atoms with Crippen LogP contribution in [0.25, 0.3) is 0 Å². The van der Waals surface area contributed by atoms with Crippen LogP contribution in [0.1, 0.15) is 181 Å². The van der Waals surface area contributed by atoms with Gasteiger partial charge in [0.15, 0.2) is 6.29 Å². The monoisotopic (exact) mass is 674 g/mol. The molecule has 1 rings (SSSR count). The van der Waals surface area contributed by atoms with Crippen molar-refractivity contribution in [3.8, 4) is 0 Å². The summed E-state index contributed by atoms with van der Waals surface area (Å²) in [6.07, 6.45) is 22.5. The van der Waals surface area contributed by atoms with Crippen LogP contribution in [0, 0.1) is 0 Å². The van der Waals surface area contributed by atoms with Crippen LogP contribution < -0.4 is 5.32 Å². The maximum absolute atomic E-state index is 12.9. The highest BCUT2D eigenvalue weighted by Gasteiger charge is 2.44. The maximum atomic E-state index is 12.9. The average molecular weight is 674 g/mol. The quantitative estimate of drug-likeness (QED) is 0.0426. The van der Waals surface area contributed by atoms with Crippen LogP contribution in [0.15, 0.2) is 0 Å². The van der Waals surface area contributed by atoms with Gasteiger partial charge >= 0.3 is 0 Å². The largest absolute Gasteiger partial charge is 0.394 e. The molecule has 1 aliphatic heterocycles. The molecular weight excluding hydrogens is 598 g/mol. The number of nitrogens with one attached hydrogen (secondary N) is 1. The predicted molar refractivity (Wildman–Crippen MR) is 189 cm³/mol. The fourth-order valence-corrected chi connectivity index (χ4v) is 6.45. The van der Waals surface area contributed by atoms with E-state index < -0.39 is 49.5 Å². The van der Waals surface area contributed by atoms with Crippen LogP contribution in [0.3, 0.4) is 0 Å². The number of rotatable bonds is 32. The van der Waals surface area contributed by atoms with E-state index in [2.05, 4.69) is 19.2 Å². The molecular formula is C38H75NO8.